The van der Waals surface area contributed by atoms with Gasteiger partial charge in [0.2, 0.25) is 5.82 Å². The van der Waals surface area contributed by atoms with Crippen molar-refractivity contribution < 1.29 is 27.5 Å². The van der Waals surface area contributed by atoms with Gasteiger partial charge < -0.3 is 9.64 Å². The highest BCUT2D eigenvalue weighted by atomic mass is 35.5. The zero-order chi connectivity index (χ0) is 21.6. The summed E-state index contributed by atoms with van der Waals surface area (Å²) in [7, 11) is 0.973. The molecule has 0 saturated carbocycles. The van der Waals surface area contributed by atoms with Crippen molar-refractivity contribution in [3.05, 3.63) is 64.6 Å². The number of carbonyl (C=O) groups excluding carboxylic acids is 2. The molecule has 1 fully saturated rings. The molecule has 30 heavy (non-hydrogen) atoms. The van der Waals surface area contributed by atoms with Crippen LogP contribution < -0.4 is 9.64 Å². The summed E-state index contributed by atoms with van der Waals surface area (Å²) >= 11 is 5.97. The number of anilines is 1. The van der Waals surface area contributed by atoms with E-state index in [0.29, 0.717) is 32.5 Å². The van der Waals surface area contributed by atoms with Crippen LogP contribution in [-0.2, 0) is 11.3 Å². The summed E-state index contributed by atoms with van der Waals surface area (Å²) in [5.41, 5.74) is 0.460. The maximum atomic E-state index is 14.4. The maximum Gasteiger partial charge on any atom is 0.332 e. The van der Waals surface area contributed by atoms with E-state index in [2.05, 4.69) is 9.72 Å². The Balaban J connectivity index is 1.68. The number of carbonyl (C=O) groups is 2. The Morgan fingerprint density at radius 1 is 1.13 bits per heavy atom. The molecule has 0 bridgehead atoms. The van der Waals surface area contributed by atoms with Gasteiger partial charge in [-0.25, -0.2) is 18.5 Å². The van der Waals surface area contributed by atoms with E-state index >= 15 is 0 Å². The van der Waals surface area contributed by atoms with Crippen molar-refractivity contribution in [2.75, 3.05) is 18.6 Å². The maximum absolute atomic E-state index is 14.4. The fourth-order valence-corrected chi connectivity index (χ4v) is 3.52. The number of urea groups is 1. The van der Waals surface area contributed by atoms with Crippen LogP contribution in [0.1, 0.15) is 5.56 Å². The highest BCUT2D eigenvalue weighted by molar-refractivity contribution is 6.31. The topological polar surface area (TPSA) is 62.7 Å². The van der Waals surface area contributed by atoms with E-state index < -0.39 is 40.8 Å². The average molecular weight is 436 g/mol. The van der Waals surface area contributed by atoms with Gasteiger partial charge in [0, 0.05) is 29.2 Å². The number of hydrogen-bond donors (Lipinski definition) is 0. The van der Waals surface area contributed by atoms with E-state index in [-0.39, 0.29) is 13.1 Å². The molecule has 0 radical (unpaired) electrons. The summed E-state index contributed by atoms with van der Waals surface area (Å²) < 4.78 is 47.0. The second-order valence-electron chi connectivity index (χ2n) is 6.54. The van der Waals surface area contributed by atoms with Crippen LogP contribution in [0, 0.1) is 17.5 Å². The van der Waals surface area contributed by atoms with E-state index in [1.54, 1.807) is 24.3 Å². The molecule has 2 aromatic carbocycles. The molecule has 10 heteroatoms. The third-order valence-corrected chi connectivity index (χ3v) is 4.97. The van der Waals surface area contributed by atoms with Crippen molar-refractivity contribution >= 4 is 40.1 Å². The number of aromatic nitrogens is 1. The first-order valence-electron chi connectivity index (χ1n) is 8.68. The van der Waals surface area contributed by atoms with Crippen LogP contribution in [0.4, 0.5) is 23.7 Å². The number of imide groups is 1. The summed E-state index contributed by atoms with van der Waals surface area (Å²) in [6, 6.07) is 6.37. The van der Waals surface area contributed by atoms with Gasteiger partial charge in [-0.05, 0) is 23.8 Å². The van der Waals surface area contributed by atoms with Crippen LogP contribution in [0.15, 0.2) is 36.5 Å². The first-order valence-corrected chi connectivity index (χ1v) is 9.06. The molecule has 0 spiro atoms. The van der Waals surface area contributed by atoms with Crippen molar-refractivity contribution in [3.63, 3.8) is 0 Å². The lowest BCUT2D eigenvalue weighted by Gasteiger charge is -2.19. The van der Waals surface area contributed by atoms with E-state index in [9.17, 15) is 22.8 Å². The number of rotatable bonds is 4. The molecule has 2 heterocycles. The van der Waals surface area contributed by atoms with Gasteiger partial charge in [-0.3, -0.25) is 9.78 Å². The van der Waals surface area contributed by atoms with E-state index in [1.165, 1.54) is 6.20 Å². The predicted octanol–water partition coefficient (Wildman–Crippen LogP) is 4.28. The summed E-state index contributed by atoms with van der Waals surface area (Å²) in [6.45, 7) is -0.380. The molecule has 1 aliphatic rings. The van der Waals surface area contributed by atoms with E-state index in [1.807, 2.05) is 0 Å². The molecule has 1 aliphatic heterocycles. The molecular weight excluding hydrogens is 423 g/mol. The van der Waals surface area contributed by atoms with Gasteiger partial charge in [-0.1, -0.05) is 17.7 Å². The van der Waals surface area contributed by atoms with Gasteiger partial charge in [-0.15, -0.1) is 0 Å². The fraction of sp³-hybridized carbons (Fsp3) is 0.150. The Labute approximate surface area is 173 Å². The van der Waals surface area contributed by atoms with Crippen LogP contribution in [0.2, 0.25) is 5.02 Å². The zero-order valence-corrected chi connectivity index (χ0v) is 16.2. The summed E-state index contributed by atoms with van der Waals surface area (Å²) in [6.07, 6.45) is 1.53. The first-order chi connectivity index (χ1) is 14.3. The Morgan fingerprint density at radius 3 is 2.63 bits per heavy atom. The molecule has 3 aromatic rings. The quantitative estimate of drug-likeness (QED) is 0.453. The van der Waals surface area contributed by atoms with Crippen molar-refractivity contribution in [1.29, 1.82) is 0 Å². The fourth-order valence-electron chi connectivity index (χ4n) is 3.35. The Morgan fingerprint density at radius 2 is 1.90 bits per heavy atom. The Kier molecular flexibility index (Phi) is 4.98. The van der Waals surface area contributed by atoms with Crippen LogP contribution >= 0.6 is 11.6 Å². The van der Waals surface area contributed by atoms with Gasteiger partial charge in [0.05, 0.1) is 18.3 Å². The highest BCUT2D eigenvalue weighted by Gasteiger charge is 2.40. The second-order valence-corrected chi connectivity index (χ2v) is 6.97. The molecule has 1 aromatic heterocycles. The molecule has 6 nitrogen and oxygen atoms in total. The standard InChI is InChI=1S/C20H13ClF3N3O3/c1-30-19-13(22)7-15(17(23)18(19)24)27-16(28)9-26(20(27)29)8-10-4-5-25-14-6-11(21)2-3-12(10)14/h2-7H,8-9H2,1H3. The van der Waals surface area contributed by atoms with Crippen molar-refractivity contribution in [2.45, 2.75) is 6.54 Å². The summed E-state index contributed by atoms with van der Waals surface area (Å²) in [5.74, 6) is -6.16. The monoisotopic (exact) mass is 435 g/mol. The number of halogens is 4. The predicted molar refractivity (Wildman–Crippen MR) is 103 cm³/mol. The number of fused-ring (bicyclic) bond motifs is 1. The lowest BCUT2D eigenvalue weighted by Crippen LogP contribution is -2.33. The first kappa shape index (κ1) is 20.0. The molecule has 1 saturated heterocycles. The van der Waals surface area contributed by atoms with Gasteiger partial charge in [0.25, 0.3) is 5.91 Å². The normalized spacial score (nSPS) is 14.2. The smallest absolute Gasteiger partial charge is 0.332 e. The van der Waals surface area contributed by atoms with Crippen LogP contribution in [0.25, 0.3) is 10.9 Å². The number of pyridine rings is 1. The van der Waals surface area contributed by atoms with E-state index in [0.717, 1.165) is 12.0 Å². The number of amides is 3. The van der Waals surface area contributed by atoms with Gasteiger partial charge in [0.1, 0.15) is 6.54 Å². The second kappa shape index (κ2) is 7.49. The minimum Gasteiger partial charge on any atom is -0.491 e. The average Bonchev–Trinajstić information content (AvgIpc) is 2.98. The third kappa shape index (κ3) is 3.21. The Hall–Kier alpha value is -3.33. The number of nitrogens with zero attached hydrogens (tertiary/aromatic N) is 3. The van der Waals surface area contributed by atoms with Crippen LogP contribution in [-0.4, -0.2) is 35.5 Å². The third-order valence-electron chi connectivity index (χ3n) is 4.74. The van der Waals surface area contributed by atoms with Crippen LogP contribution in [0.3, 0.4) is 0 Å². The molecular formula is C20H13ClF3N3O3. The van der Waals surface area contributed by atoms with Crippen molar-refractivity contribution in [2.24, 2.45) is 0 Å². The summed E-state index contributed by atoms with van der Waals surface area (Å²) in [4.78, 5) is 31.0. The van der Waals surface area contributed by atoms with Gasteiger partial charge >= 0.3 is 6.03 Å². The Bertz CT molecular complexity index is 1200. The van der Waals surface area contributed by atoms with Gasteiger partial charge in [0.15, 0.2) is 17.4 Å². The number of methoxy groups -OCH3 is 1. The SMILES string of the molecule is COc1c(F)cc(N2C(=O)CN(Cc3ccnc4cc(Cl)ccc34)C2=O)c(F)c1F. The molecule has 154 valence electrons. The molecule has 0 aliphatic carbocycles. The zero-order valence-electron chi connectivity index (χ0n) is 15.5. The molecule has 0 N–H and O–H groups in total. The molecule has 0 unspecified atom stereocenters. The lowest BCUT2D eigenvalue weighted by atomic mass is 10.1. The minimum absolute atomic E-state index is 0.00443. The number of benzene rings is 2. The van der Waals surface area contributed by atoms with E-state index in [4.69, 9.17) is 11.6 Å². The molecule has 0 atom stereocenters. The lowest BCUT2D eigenvalue weighted by molar-refractivity contribution is -0.116. The number of hydrogen-bond acceptors (Lipinski definition) is 4. The van der Waals surface area contributed by atoms with Crippen molar-refractivity contribution in [1.82, 2.24) is 9.88 Å². The van der Waals surface area contributed by atoms with Gasteiger partial charge in [-0.2, -0.15) is 4.39 Å². The molecule has 4 rings (SSSR count). The molecule has 3 amide bonds. The highest BCUT2D eigenvalue weighted by Crippen LogP contribution is 2.34. The minimum atomic E-state index is -1.62. The van der Waals surface area contributed by atoms with Crippen LogP contribution in [0.5, 0.6) is 5.75 Å². The summed E-state index contributed by atoms with van der Waals surface area (Å²) in [5, 5.41) is 1.21. The van der Waals surface area contributed by atoms with Crippen molar-refractivity contribution in [3.8, 4) is 5.75 Å². The number of ether oxygens (including phenoxy) is 1. The largest absolute Gasteiger partial charge is 0.491 e.